The van der Waals surface area contributed by atoms with Crippen molar-refractivity contribution in [1.29, 1.82) is 5.26 Å². The summed E-state index contributed by atoms with van der Waals surface area (Å²) >= 11 is 0. The first kappa shape index (κ1) is 25.9. The fourth-order valence-corrected chi connectivity index (χ4v) is 5.43. The van der Waals surface area contributed by atoms with E-state index in [0.29, 0.717) is 39.3 Å². The number of amides is 1. The van der Waals surface area contributed by atoms with Crippen LogP contribution in [0.15, 0.2) is 60.8 Å². The Kier molecular flexibility index (Phi) is 6.49. The van der Waals surface area contributed by atoms with Crippen molar-refractivity contribution in [3.8, 4) is 28.6 Å². The first-order valence-corrected chi connectivity index (χ1v) is 13.4. The number of nitriles is 1. The number of carbonyl (C=O) groups excluding carboxylic acids is 1. The van der Waals surface area contributed by atoms with Gasteiger partial charge >= 0.3 is 12.3 Å². The Balaban J connectivity index is 1.40. The third kappa shape index (κ3) is 4.79. The Labute approximate surface area is 229 Å². The number of hydrogen-bond acceptors (Lipinski definition) is 4. The molecule has 2 aromatic carbocycles. The lowest BCUT2D eigenvalue weighted by atomic mass is 9.92. The Bertz CT molecular complexity index is 1630. The Morgan fingerprint density at radius 1 is 1.10 bits per heavy atom. The molecule has 1 amide bonds. The standard InChI is InChI=1S/C31H27F3N4O2/c1-18(19-7-8-19)40-30(39)37-22-12-9-20(10-13-22)29-25(17-35)24-14-11-21(16-27(24)38(29)23-4-2-5-23)28-26(31(32,33)34)6-3-15-36-28/h3,6,9-16,18-19,23H,2,4-5,7-8H2,1H3,(H,37,39)/t18-/m1/s1. The highest BCUT2D eigenvalue weighted by Gasteiger charge is 2.35. The predicted octanol–water partition coefficient (Wildman–Crippen LogP) is 8.33. The quantitative estimate of drug-likeness (QED) is 0.265. The van der Waals surface area contributed by atoms with Gasteiger partial charge in [-0.25, -0.2) is 4.79 Å². The lowest BCUT2D eigenvalue weighted by Crippen LogP contribution is -2.21. The van der Waals surface area contributed by atoms with E-state index in [4.69, 9.17) is 4.74 Å². The zero-order valence-corrected chi connectivity index (χ0v) is 21.8. The molecule has 1 N–H and O–H groups in total. The van der Waals surface area contributed by atoms with E-state index in [1.54, 1.807) is 30.3 Å². The van der Waals surface area contributed by atoms with Gasteiger partial charge in [0.15, 0.2) is 0 Å². The Hall–Kier alpha value is -4.32. The van der Waals surface area contributed by atoms with Crippen LogP contribution in [0.2, 0.25) is 0 Å². The number of halogens is 3. The number of carbonyl (C=O) groups is 1. The van der Waals surface area contributed by atoms with E-state index < -0.39 is 17.8 Å². The minimum atomic E-state index is -4.55. The largest absolute Gasteiger partial charge is 0.446 e. The molecule has 2 saturated carbocycles. The van der Waals surface area contributed by atoms with Gasteiger partial charge in [-0.3, -0.25) is 10.3 Å². The predicted molar refractivity (Wildman–Crippen MR) is 145 cm³/mol. The maximum Gasteiger partial charge on any atom is 0.418 e. The van der Waals surface area contributed by atoms with Gasteiger partial charge in [-0.15, -0.1) is 0 Å². The normalized spacial score (nSPS) is 16.3. The van der Waals surface area contributed by atoms with Crippen molar-refractivity contribution in [2.75, 3.05) is 5.32 Å². The lowest BCUT2D eigenvalue weighted by Gasteiger charge is -2.30. The summed E-state index contributed by atoms with van der Waals surface area (Å²) in [5, 5.41) is 13.6. The Morgan fingerprint density at radius 2 is 1.82 bits per heavy atom. The van der Waals surface area contributed by atoms with E-state index in [2.05, 4.69) is 20.9 Å². The van der Waals surface area contributed by atoms with Gasteiger partial charge in [-0.1, -0.05) is 24.3 Å². The molecule has 2 aliphatic carbocycles. The highest BCUT2D eigenvalue weighted by molar-refractivity contribution is 5.97. The molecule has 2 heterocycles. The fraction of sp³-hybridized carbons (Fsp3) is 0.323. The van der Waals surface area contributed by atoms with Gasteiger partial charge in [0, 0.05) is 28.9 Å². The molecule has 1 atom stereocenters. The third-order valence-corrected chi connectivity index (χ3v) is 7.93. The van der Waals surface area contributed by atoms with Gasteiger partial charge in [-0.2, -0.15) is 18.4 Å². The van der Waals surface area contributed by atoms with Crippen LogP contribution in [-0.2, 0) is 10.9 Å². The molecule has 0 radical (unpaired) electrons. The molecule has 0 unspecified atom stereocenters. The van der Waals surface area contributed by atoms with Crippen LogP contribution >= 0.6 is 0 Å². The van der Waals surface area contributed by atoms with Gasteiger partial charge < -0.3 is 9.30 Å². The lowest BCUT2D eigenvalue weighted by molar-refractivity contribution is -0.137. The zero-order valence-electron chi connectivity index (χ0n) is 21.8. The maximum atomic E-state index is 13.8. The van der Waals surface area contributed by atoms with Crippen molar-refractivity contribution in [3.05, 3.63) is 71.9 Å². The van der Waals surface area contributed by atoms with E-state index in [1.807, 2.05) is 19.1 Å². The molecule has 2 aromatic heterocycles. The number of nitrogens with zero attached hydrogens (tertiary/aromatic N) is 3. The Morgan fingerprint density at radius 3 is 2.45 bits per heavy atom. The first-order valence-electron chi connectivity index (χ1n) is 13.4. The molecule has 0 bridgehead atoms. The molecule has 4 aromatic rings. The number of rotatable bonds is 6. The monoisotopic (exact) mass is 544 g/mol. The molecular formula is C31H27F3N4O2. The van der Waals surface area contributed by atoms with Crippen LogP contribution in [0.3, 0.4) is 0 Å². The van der Waals surface area contributed by atoms with E-state index in [1.165, 1.54) is 12.3 Å². The number of ether oxygens (including phenoxy) is 1. The molecule has 6 nitrogen and oxygen atoms in total. The minimum absolute atomic E-state index is 0.123. The van der Waals surface area contributed by atoms with Crippen molar-refractivity contribution >= 4 is 22.7 Å². The molecule has 0 saturated heterocycles. The van der Waals surface area contributed by atoms with Gasteiger partial charge in [0.1, 0.15) is 12.2 Å². The summed E-state index contributed by atoms with van der Waals surface area (Å²) in [7, 11) is 0. The molecular weight excluding hydrogens is 517 g/mol. The zero-order chi connectivity index (χ0) is 28.0. The van der Waals surface area contributed by atoms with Gasteiger partial charge in [0.2, 0.25) is 0 Å². The summed E-state index contributed by atoms with van der Waals surface area (Å²) in [6.07, 6.45) is 1.18. The number of aromatic nitrogens is 2. The highest BCUT2D eigenvalue weighted by Crippen LogP contribution is 2.44. The molecule has 40 heavy (non-hydrogen) atoms. The number of pyridine rings is 1. The number of benzene rings is 2. The molecule has 2 aliphatic rings. The second-order valence-electron chi connectivity index (χ2n) is 10.6. The number of hydrogen-bond donors (Lipinski definition) is 1. The number of anilines is 1. The van der Waals surface area contributed by atoms with Gasteiger partial charge in [0.25, 0.3) is 0 Å². The van der Waals surface area contributed by atoms with Crippen LogP contribution in [0, 0.1) is 17.2 Å². The van der Waals surface area contributed by atoms with Crippen LogP contribution in [-0.4, -0.2) is 21.7 Å². The number of alkyl halides is 3. The second-order valence-corrected chi connectivity index (χ2v) is 10.6. The smallest absolute Gasteiger partial charge is 0.418 e. The topological polar surface area (TPSA) is 79.9 Å². The van der Waals surface area contributed by atoms with E-state index >= 15 is 0 Å². The van der Waals surface area contributed by atoms with Crippen LogP contribution in [0.25, 0.3) is 33.4 Å². The van der Waals surface area contributed by atoms with E-state index in [-0.39, 0.29) is 17.8 Å². The van der Waals surface area contributed by atoms with Gasteiger partial charge in [-0.05, 0) is 80.8 Å². The van der Waals surface area contributed by atoms with Crippen molar-refractivity contribution < 1.29 is 22.7 Å². The molecule has 0 spiro atoms. The van der Waals surface area contributed by atoms with Crippen LogP contribution in [0.1, 0.15) is 56.2 Å². The van der Waals surface area contributed by atoms with Crippen LogP contribution < -0.4 is 5.32 Å². The molecule has 6 rings (SSSR count). The summed E-state index contributed by atoms with van der Waals surface area (Å²) in [5.41, 5.74) is 2.62. The van der Waals surface area contributed by atoms with Crippen molar-refractivity contribution in [2.24, 2.45) is 5.92 Å². The van der Waals surface area contributed by atoms with E-state index in [9.17, 15) is 23.2 Å². The van der Waals surface area contributed by atoms with Gasteiger partial charge in [0.05, 0.1) is 28.0 Å². The molecule has 204 valence electrons. The third-order valence-electron chi connectivity index (χ3n) is 7.93. The average molecular weight is 545 g/mol. The molecule has 0 aliphatic heterocycles. The fourth-order valence-electron chi connectivity index (χ4n) is 5.43. The van der Waals surface area contributed by atoms with Crippen LogP contribution in [0.4, 0.5) is 23.7 Å². The molecule has 9 heteroatoms. The summed E-state index contributed by atoms with van der Waals surface area (Å²) < 4.78 is 48.8. The summed E-state index contributed by atoms with van der Waals surface area (Å²) in [6.45, 7) is 1.90. The molecule has 2 fully saturated rings. The maximum absolute atomic E-state index is 13.8. The average Bonchev–Trinajstić information content (AvgIpc) is 3.71. The van der Waals surface area contributed by atoms with Crippen molar-refractivity contribution in [2.45, 2.75) is 57.3 Å². The van der Waals surface area contributed by atoms with Crippen molar-refractivity contribution in [1.82, 2.24) is 9.55 Å². The summed E-state index contributed by atoms with van der Waals surface area (Å²) in [6, 6.07) is 17.0. The minimum Gasteiger partial charge on any atom is -0.446 e. The van der Waals surface area contributed by atoms with E-state index in [0.717, 1.165) is 43.7 Å². The highest BCUT2D eigenvalue weighted by atomic mass is 19.4. The van der Waals surface area contributed by atoms with Crippen LogP contribution in [0.5, 0.6) is 0 Å². The first-order chi connectivity index (χ1) is 19.2. The summed E-state index contributed by atoms with van der Waals surface area (Å²) in [4.78, 5) is 16.4. The second kappa shape index (κ2) is 10.0. The summed E-state index contributed by atoms with van der Waals surface area (Å²) in [5.74, 6) is 0.434. The number of nitrogens with one attached hydrogen (secondary N) is 1. The number of fused-ring (bicyclic) bond motifs is 1. The SMILES string of the molecule is C[C@@H](OC(=O)Nc1ccc(-c2c(C#N)c3ccc(-c4ncccc4C(F)(F)F)cc3n2C2CCC2)cc1)C1CC1. The van der Waals surface area contributed by atoms with Crippen molar-refractivity contribution in [3.63, 3.8) is 0 Å².